The summed E-state index contributed by atoms with van der Waals surface area (Å²) in [6, 6.07) is 13.9. The van der Waals surface area contributed by atoms with Gasteiger partial charge >= 0.3 is 0 Å². The number of aromatic nitrogens is 2. The van der Waals surface area contributed by atoms with Gasteiger partial charge in [0.25, 0.3) is 0 Å². The van der Waals surface area contributed by atoms with Gasteiger partial charge in [0, 0.05) is 25.4 Å². The number of hydrogen-bond donors (Lipinski definition) is 1. The molecule has 0 atom stereocenters. The van der Waals surface area contributed by atoms with Crippen molar-refractivity contribution in [3.63, 3.8) is 0 Å². The molecule has 0 bridgehead atoms. The fraction of sp³-hybridized carbons (Fsp3) is 0.348. The molecule has 1 aliphatic heterocycles. The Morgan fingerprint density at radius 1 is 0.931 bits per heavy atom. The normalized spacial score (nSPS) is 14.6. The summed E-state index contributed by atoms with van der Waals surface area (Å²) in [4.78, 5) is 0. The molecular weight excluding hydrogens is 364 g/mol. The molecule has 152 valence electrons. The van der Waals surface area contributed by atoms with Crippen LogP contribution in [0.2, 0.25) is 0 Å². The highest BCUT2D eigenvalue weighted by molar-refractivity contribution is 5.57. The highest BCUT2D eigenvalue weighted by Gasteiger charge is 2.13. The van der Waals surface area contributed by atoms with Crippen LogP contribution in [-0.4, -0.2) is 35.0 Å². The van der Waals surface area contributed by atoms with Crippen molar-refractivity contribution in [2.75, 3.05) is 25.6 Å². The number of hydrogen-bond acceptors (Lipinski definition) is 5. The first-order valence-corrected chi connectivity index (χ1v) is 10.1. The van der Waals surface area contributed by atoms with Crippen molar-refractivity contribution >= 4 is 5.69 Å². The predicted octanol–water partition coefficient (Wildman–Crippen LogP) is 5.10. The first-order chi connectivity index (χ1) is 14.1. The minimum atomic E-state index is 0.569. The van der Waals surface area contributed by atoms with Crippen LogP contribution in [0.15, 0.2) is 48.7 Å². The van der Waals surface area contributed by atoms with E-state index in [4.69, 9.17) is 9.47 Å². The van der Waals surface area contributed by atoms with E-state index in [1.807, 2.05) is 36.5 Å². The molecule has 1 saturated heterocycles. The summed E-state index contributed by atoms with van der Waals surface area (Å²) < 4.78 is 13.1. The zero-order valence-electron chi connectivity index (χ0n) is 17.3. The maximum absolute atomic E-state index is 6.08. The smallest absolute Gasteiger partial charge is 0.238 e. The van der Waals surface area contributed by atoms with Gasteiger partial charge in [-0.2, -0.15) is 0 Å². The lowest BCUT2D eigenvalue weighted by Gasteiger charge is -2.29. The number of nitrogens with zero attached hydrogens (tertiary/aromatic N) is 3. The molecule has 0 aliphatic carbocycles. The van der Waals surface area contributed by atoms with Gasteiger partial charge in [-0.05, 0) is 74.2 Å². The maximum Gasteiger partial charge on any atom is 0.238 e. The number of ether oxygens (including phenoxy) is 2. The fourth-order valence-electron chi connectivity index (χ4n) is 3.55. The van der Waals surface area contributed by atoms with Crippen molar-refractivity contribution in [3.05, 3.63) is 59.8 Å². The molecule has 6 heteroatoms. The third-order valence-corrected chi connectivity index (χ3v) is 5.27. The molecule has 1 fully saturated rings. The van der Waals surface area contributed by atoms with Gasteiger partial charge < -0.3 is 14.9 Å². The van der Waals surface area contributed by atoms with Gasteiger partial charge in [-0.3, -0.25) is 0 Å². The Kier molecular flexibility index (Phi) is 5.71. The molecule has 6 nitrogen and oxygen atoms in total. The first-order valence-electron chi connectivity index (χ1n) is 10.1. The molecule has 0 amide bonds. The minimum absolute atomic E-state index is 0.569. The van der Waals surface area contributed by atoms with Crippen LogP contribution < -0.4 is 14.9 Å². The van der Waals surface area contributed by atoms with Crippen molar-refractivity contribution in [3.8, 4) is 23.1 Å². The number of piperidine rings is 1. The SMILES string of the molecule is COc1ccc(-n2ccc(Oc3cc(C)c(NN4CCCCC4)cc3C)n2)cc1. The molecule has 2 heterocycles. The quantitative estimate of drug-likeness (QED) is 0.632. The zero-order chi connectivity index (χ0) is 20.2. The molecule has 29 heavy (non-hydrogen) atoms. The van der Waals surface area contributed by atoms with Gasteiger partial charge in [0.05, 0.1) is 18.5 Å². The number of aryl methyl sites for hydroxylation is 2. The minimum Gasteiger partial charge on any atom is -0.497 e. The fourth-order valence-corrected chi connectivity index (χ4v) is 3.55. The number of anilines is 1. The molecule has 4 rings (SSSR count). The lowest BCUT2D eigenvalue weighted by atomic mass is 10.1. The molecule has 0 radical (unpaired) electrons. The van der Waals surface area contributed by atoms with Gasteiger partial charge in [0.15, 0.2) is 0 Å². The summed E-state index contributed by atoms with van der Waals surface area (Å²) in [5, 5.41) is 6.86. The maximum atomic E-state index is 6.08. The summed E-state index contributed by atoms with van der Waals surface area (Å²) in [7, 11) is 1.66. The van der Waals surface area contributed by atoms with Crippen LogP contribution in [0.1, 0.15) is 30.4 Å². The van der Waals surface area contributed by atoms with Gasteiger partial charge in [-0.25, -0.2) is 9.69 Å². The van der Waals surface area contributed by atoms with Crippen molar-refractivity contribution < 1.29 is 9.47 Å². The lowest BCUT2D eigenvalue weighted by molar-refractivity contribution is 0.273. The van der Waals surface area contributed by atoms with E-state index in [1.54, 1.807) is 11.8 Å². The molecule has 1 aromatic heterocycles. The molecule has 1 N–H and O–H groups in total. The van der Waals surface area contributed by atoms with Crippen LogP contribution in [0.5, 0.6) is 17.4 Å². The van der Waals surface area contributed by atoms with Crippen molar-refractivity contribution in [2.45, 2.75) is 33.1 Å². The second kappa shape index (κ2) is 8.57. The Labute approximate surface area is 172 Å². The summed E-state index contributed by atoms with van der Waals surface area (Å²) in [5.41, 5.74) is 7.89. The third-order valence-electron chi connectivity index (χ3n) is 5.27. The van der Waals surface area contributed by atoms with Crippen LogP contribution >= 0.6 is 0 Å². The van der Waals surface area contributed by atoms with E-state index in [0.29, 0.717) is 5.88 Å². The van der Waals surface area contributed by atoms with E-state index in [9.17, 15) is 0 Å². The van der Waals surface area contributed by atoms with E-state index < -0.39 is 0 Å². The average Bonchev–Trinajstić information content (AvgIpc) is 3.21. The van der Waals surface area contributed by atoms with Crippen molar-refractivity contribution in [1.29, 1.82) is 0 Å². The summed E-state index contributed by atoms with van der Waals surface area (Å²) in [5.74, 6) is 2.22. The van der Waals surface area contributed by atoms with Gasteiger partial charge in [0.1, 0.15) is 11.5 Å². The van der Waals surface area contributed by atoms with Gasteiger partial charge in [-0.1, -0.05) is 6.42 Å². The zero-order valence-corrected chi connectivity index (χ0v) is 17.3. The van der Waals surface area contributed by atoms with Crippen LogP contribution in [0, 0.1) is 13.8 Å². The summed E-state index contributed by atoms with van der Waals surface area (Å²) >= 11 is 0. The number of benzene rings is 2. The largest absolute Gasteiger partial charge is 0.497 e. The molecule has 0 spiro atoms. The standard InChI is InChI=1S/C23H28N4O2/c1-17-16-22(18(2)15-21(17)24-26-12-5-4-6-13-26)29-23-11-14-27(25-23)19-7-9-20(28-3)10-8-19/h7-11,14-16,24H,4-6,12-13H2,1-3H3. The van der Waals surface area contributed by atoms with E-state index in [2.05, 4.69) is 41.5 Å². The highest BCUT2D eigenvalue weighted by atomic mass is 16.5. The summed E-state index contributed by atoms with van der Waals surface area (Å²) in [6.45, 7) is 6.37. The Bertz CT molecular complexity index is 960. The lowest BCUT2D eigenvalue weighted by Crippen LogP contribution is -2.35. The van der Waals surface area contributed by atoms with E-state index in [1.165, 1.54) is 19.3 Å². The molecule has 1 aliphatic rings. The molecule has 3 aromatic rings. The Morgan fingerprint density at radius 2 is 1.69 bits per heavy atom. The highest BCUT2D eigenvalue weighted by Crippen LogP contribution is 2.30. The van der Waals surface area contributed by atoms with Crippen LogP contribution in [-0.2, 0) is 0 Å². The molecule has 0 unspecified atom stereocenters. The average molecular weight is 393 g/mol. The summed E-state index contributed by atoms with van der Waals surface area (Å²) in [6.07, 6.45) is 5.73. The second-order valence-electron chi connectivity index (χ2n) is 7.49. The van der Waals surface area contributed by atoms with E-state index in [-0.39, 0.29) is 0 Å². The van der Waals surface area contributed by atoms with Gasteiger partial charge in [0.2, 0.25) is 5.88 Å². The first kappa shape index (κ1) is 19.3. The Hall–Kier alpha value is -2.99. The van der Waals surface area contributed by atoms with Crippen LogP contribution in [0.4, 0.5) is 5.69 Å². The third kappa shape index (κ3) is 4.54. The van der Waals surface area contributed by atoms with Crippen molar-refractivity contribution in [2.24, 2.45) is 0 Å². The topological polar surface area (TPSA) is 51.6 Å². The monoisotopic (exact) mass is 392 g/mol. The number of hydrazine groups is 1. The van der Waals surface area contributed by atoms with Crippen LogP contribution in [0.25, 0.3) is 5.69 Å². The molecule has 2 aromatic carbocycles. The number of rotatable bonds is 6. The predicted molar refractivity (Wildman–Crippen MR) is 115 cm³/mol. The van der Waals surface area contributed by atoms with E-state index in [0.717, 1.165) is 47.1 Å². The number of methoxy groups -OCH3 is 1. The Morgan fingerprint density at radius 3 is 2.41 bits per heavy atom. The molecular formula is C23H28N4O2. The van der Waals surface area contributed by atoms with Crippen LogP contribution in [0.3, 0.4) is 0 Å². The van der Waals surface area contributed by atoms with Gasteiger partial charge in [-0.15, -0.1) is 5.10 Å². The Balaban J connectivity index is 1.47. The van der Waals surface area contributed by atoms with E-state index >= 15 is 0 Å². The van der Waals surface area contributed by atoms with Crippen molar-refractivity contribution in [1.82, 2.24) is 14.8 Å². The number of nitrogens with one attached hydrogen (secondary N) is 1. The second-order valence-corrected chi connectivity index (χ2v) is 7.49. The molecule has 0 saturated carbocycles.